The van der Waals surface area contributed by atoms with E-state index in [1.165, 1.54) is 19.1 Å². The van der Waals surface area contributed by atoms with E-state index in [4.69, 9.17) is 14.6 Å². The number of aliphatic hydroxyl groups excluding tert-OH is 2. The molecule has 1 heterocycles. The molecule has 0 spiro atoms. The van der Waals surface area contributed by atoms with Crippen molar-refractivity contribution in [3.05, 3.63) is 89.0 Å². The zero-order valence-corrected chi connectivity index (χ0v) is 32.0. The molecule has 4 fully saturated rings. The number of anilines is 1. The molecule has 5 aliphatic rings. The summed E-state index contributed by atoms with van der Waals surface area (Å²) < 4.78 is 46.6. The number of Topliss-reactive ketones (excluding diaryl/α,β-unsaturated/α-hetero) is 1. The predicted molar refractivity (Wildman–Crippen MR) is 201 cm³/mol. The number of ketones is 2. The number of carboxylic acid groups (broad SMARTS) is 1. The number of aliphatic hydroxyl groups is 2. The van der Waals surface area contributed by atoms with Crippen molar-refractivity contribution in [1.82, 2.24) is 5.32 Å². The fourth-order valence-electron chi connectivity index (χ4n) is 10.5. The smallest absolute Gasteiger partial charge is 0.303 e. The first-order valence-corrected chi connectivity index (χ1v) is 19.4. The fourth-order valence-corrected chi connectivity index (χ4v) is 10.5. The summed E-state index contributed by atoms with van der Waals surface area (Å²) in [5.74, 6) is -4.59. The quantitative estimate of drug-likeness (QED) is 0.203. The second-order valence-electron chi connectivity index (χ2n) is 16.6. The molecule has 0 aromatic heterocycles. The van der Waals surface area contributed by atoms with Crippen LogP contribution in [0, 0.1) is 22.7 Å². The van der Waals surface area contributed by atoms with E-state index in [0.717, 1.165) is 17.2 Å². The number of hydrogen-bond donors (Lipinski definition) is 5. The summed E-state index contributed by atoms with van der Waals surface area (Å²) in [6.07, 6.45) is -1.24. The number of nitrogens with one attached hydrogen (secondary N) is 2. The molecule has 0 radical (unpaired) electrons. The molecule has 4 aliphatic carbocycles. The van der Waals surface area contributed by atoms with Gasteiger partial charge in [-0.25, -0.2) is 8.78 Å². The van der Waals surface area contributed by atoms with Crippen LogP contribution in [0.3, 0.4) is 0 Å². The Kier molecular flexibility index (Phi) is 10.6. The Morgan fingerprint density at radius 1 is 0.982 bits per heavy atom. The molecule has 1 saturated heterocycles. The van der Waals surface area contributed by atoms with Gasteiger partial charge in [-0.15, -0.1) is 0 Å². The molecule has 57 heavy (non-hydrogen) atoms. The first-order chi connectivity index (χ1) is 27.0. The lowest BCUT2D eigenvalue weighted by Gasteiger charge is -2.63. The third-order valence-electron chi connectivity index (χ3n) is 13.4. The highest BCUT2D eigenvalue weighted by atomic mass is 19.1. The second kappa shape index (κ2) is 14.9. The number of hydrogen-bond acceptors (Lipinski definition) is 9. The minimum absolute atomic E-state index is 0.00425. The van der Waals surface area contributed by atoms with E-state index in [0.29, 0.717) is 17.7 Å². The number of benzene rings is 2. The first-order valence-electron chi connectivity index (χ1n) is 19.4. The molecule has 3 saturated carbocycles. The van der Waals surface area contributed by atoms with Gasteiger partial charge in [-0.05, 0) is 92.9 Å². The maximum absolute atomic E-state index is 17.7. The summed E-state index contributed by atoms with van der Waals surface area (Å²) in [7, 11) is 0. The molecule has 2 aromatic carbocycles. The Balaban J connectivity index is 1.02. The number of alkyl halides is 2. The number of allylic oxidation sites excluding steroid dienone is 4. The van der Waals surface area contributed by atoms with Crippen LogP contribution in [0.1, 0.15) is 82.3 Å². The van der Waals surface area contributed by atoms with Crippen LogP contribution in [-0.2, 0) is 39.9 Å². The standard InChI is InChI=1S/C43H48F2N2O10/c1-23(46-36(52)5-4-6-37(53)54)38(55)47-27-13-9-25(10-14-27)17-24-7-11-26(12-8-24)39-56-35-20-29-30-19-32(44)31-18-28(49)15-16-40(31,2)42(30,45)33(50)21-41(29,3)43(35,57-39)34(51)22-48/h7-16,18,23,29-30,32-33,35,39,48,50H,4-6,17,19-22H2,1-3H3,(H,46,52)(H,47,55)(H,53,54)/t23-,29-,30-,32-,33-,35+,39+,40-,41-,42-,43+/m0/s1. The second-order valence-corrected chi connectivity index (χ2v) is 16.6. The summed E-state index contributed by atoms with van der Waals surface area (Å²) in [6, 6.07) is 13.8. The van der Waals surface area contributed by atoms with Crippen molar-refractivity contribution in [2.24, 2.45) is 22.7 Å². The van der Waals surface area contributed by atoms with Crippen LogP contribution in [0.4, 0.5) is 14.5 Å². The van der Waals surface area contributed by atoms with Crippen LogP contribution in [0.2, 0.25) is 0 Å². The molecule has 2 amide bonds. The lowest BCUT2D eigenvalue weighted by atomic mass is 9.44. The van der Waals surface area contributed by atoms with Crippen LogP contribution < -0.4 is 10.6 Å². The van der Waals surface area contributed by atoms with E-state index >= 15 is 8.78 Å². The van der Waals surface area contributed by atoms with Crippen molar-refractivity contribution in [3.8, 4) is 0 Å². The van der Waals surface area contributed by atoms with Gasteiger partial charge in [-0.2, -0.15) is 0 Å². The Hall–Kier alpha value is -4.63. The highest BCUT2D eigenvalue weighted by Crippen LogP contribution is 2.72. The van der Waals surface area contributed by atoms with Gasteiger partial charge in [0, 0.05) is 40.8 Å². The van der Waals surface area contributed by atoms with Crippen molar-refractivity contribution in [2.45, 2.75) is 108 Å². The number of halogens is 2. The number of fused-ring (bicyclic) bond motifs is 7. The molecule has 11 atom stereocenters. The number of aliphatic carboxylic acids is 1. The maximum Gasteiger partial charge on any atom is 0.303 e. The average molecular weight is 791 g/mol. The molecule has 2 aromatic rings. The van der Waals surface area contributed by atoms with Crippen LogP contribution in [0.25, 0.3) is 0 Å². The minimum atomic E-state index is -2.33. The Bertz CT molecular complexity index is 2020. The largest absolute Gasteiger partial charge is 0.481 e. The summed E-state index contributed by atoms with van der Waals surface area (Å²) in [6.45, 7) is 3.93. The van der Waals surface area contributed by atoms with Gasteiger partial charge in [-0.1, -0.05) is 49.4 Å². The van der Waals surface area contributed by atoms with E-state index in [1.54, 1.807) is 26.0 Å². The van der Waals surface area contributed by atoms with E-state index < -0.39 is 101 Å². The lowest BCUT2D eigenvalue weighted by Crippen LogP contribution is -2.70. The molecule has 0 bridgehead atoms. The molecule has 7 rings (SSSR count). The first kappa shape index (κ1) is 40.6. The molecule has 5 N–H and O–H groups in total. The Morgan fingerprint density at radius 3 is 2.30 bits per heavy atom. The summed E-state index contributed by atoms with van der Waals surface area (Å²) in [5.41, 5.74) is -3.84. The zero-order valence-electron chi connectivity index (χ0n) is 32.0. The van der Waals surface area contributed by atoms with Gasteiger partial charge < -0.3 is 35.4 Å². The highest BCUT2D eigenvalue weighted by Gasteiger charge is 2.80. The number of carbonyl (C=O) groups excluding carboxylic acids is 4. The summed E-state index contributed by atoms with van der Waals surface area (Å²) >= 11 is 0. The maximum atomic E-state index is 17.7. The molecule has 304 valence electrons. The van der Waals surface area contributed by atoms with Gasteiger partial charge in [0.25, 0.3) is 0 Å². The SMILES string of the molecule is C[C@H](NC(=O)CCCC(=O)O)C(=O)Nc1ccc(Cc2ccc([C@@H]3O[C@@H]4C[C@H]5[C@@H]6C[C@H](F)C7=CC(=O)C=C[C@]7(C)[C@@]6(F)[C@@H](O)C[C@]5(C)[C@]4(C(=O)CO)O3)cc2)cc1. The number of rotatable bonds is 12. The topological polar surface area (TPSA) is 189 Å². The molecule has 14 heteroatoms. The van der Waals surface area contributed by atoms with Gasteiger partial charge in [0.1, 0.15) is 18.8 Å². The number of amides is 2. The van der Waals surface area contributed by atoms with E-state index in [-0.39, 0.29) is 44.1 Å². The van der Waals surface area contributed by atoms with Gasteiger partial charge in [0.05, 0.1) is 12.2 Å². The predicted octanol–water partition coefficient (Wildman–Crippen LogP) is 4.62. The van der Waals surface area contributed by atoms with Gasteiger partial charge in [0.15, 0.2) is 29.1 Å². The van der Waals surface area contributed by atoms with E-state index in [2.05, 4.69) is 10.6 Å². The molecule has 1 aliphatic heterocycles. The van der Waals surface area contributed by atoms with Crippen molar-refractivity contribution < 1.29 is 57.5 Å². The van der Waals surface area contributed by atoms with Crippen LogP contribution >= 0.6 is 0 Å². The Morgan fingerprint density at radius 2 is 1.65 bits per heavy atom. The van der Waals surface area contributed by atoms with Gasteiger partial charge in [0.2, 0.25) is 11.8 Å². The number of carboxylic acids is 1. The van der Waals surface area contributed by atoms with Crippen molar-refractivity contribution in [2.75, 3.05) is 11.9 Å². The van der Waals surface area contributed by atoms with Crippen LogP contribution in [0.5, 0.6) is 0 Å². The zero-order chi connectivity index (χ0) is 41.1. The van der Waals surface area contributed by atoms with Crippen molar-refractivity contribution in [3.63, 3.8) is 0 Å². The van der Waals surface area contributed by atoms with Gasteiger partial charge in [-0.3, -0.25) is 24.0 Å². The van der Waals surface area contributed by atoms with Gasteiger partial charge >= 0.3 is 5.97 Å². The average Bonchev–Trinajstić information content (AvgIpc) is 3.67. The molecular formula is C43H48F2N2O10. The van der Waals surface area contributed by atoms with Crippen molar-refractivity contribution in [1.29, 1.82) is 0 Å². The third kappa shape index (κ3) is 6.64. The number of carbonyl (C=O) groups is 5. The number of ether oxygens (including phenoxy) is 2. The van der Waals surface area contributed by atoms with Crippen LogP contribution in [0.15, 0.2) is 72.3 Å². The lowest BCUT2D eigenvalue weighted by molar-refractivity contribution is -0.235. The normalized spacial score (nSPS) is 35.6. The fraction of sp³-hybridized carbons (Fsp3) is 0.512. The Labute approximate surface area is 328 Å². The van der Waals surface area contributed by atoms with E-state index in [9.17, 15) is 34.2 Å². The van der Waals surface area contributed by atoms with Crippen molar-refractivity contribution >= 4 is 35.0 Å². The molecular weight excluding hydrogens is 742 g/mol. The summed E-state index contributed by atoms with van der Waals surface area (Å²) in [4.78, 5) is 61.3. The molecule has 0 unspecified atom stereocenters. The monoisotopic (exact) mass is 790 g/mol. The highest BCUT2D eigenvalue weighted by molar-refractivity contribution is 6.01. The summed E-state index contributed by atoms with van der Waals surface area (Å²) in [5, 5.41) is 36.0. The molecule has 12 nitrogen and oxygen atoms in total. The van der Waals surface area contributed by atoms with Crippen LogP contribution in [-0.4, -0.2) is 87.0 Å². The van der Waals surface area contributed by atoms with E-state index in [1.807, 2.05) is 36.4 Å². The third-order valence-corrected chi connectivity index (χ3v) is 13.4. The minimum Gasteiger partial charge on any atom is -0.481 e.